The third-order valence-electron chi connectivity index (χ3n) is 3.84. The van der Waals surface area contributed by atoms with Gasteiger partial charge >= 0.3 is 5.97 Å². The van der Waals surface area contributed by atoms with E-state index in [-0.39, 0.29) is 24.3 Å². The number of aliphatic carboxylic acids is 1. The SMILES string of the molecule is O=C(O)C1(C2CS(=O)(=O)CC2O)CCOCC1. The Balaban J connectivity index is 2.31. The molecule has 2 fully saturated rings. The van der Waals surface area contributed by atoms with Gasteiger partial charge in [0.15, 0.2) is 9.84 Å². The van der Waals surface area contributed by atoms with Crippen molar-refractivity contribution in [2.75, 3.05) is 24.7 Å². The average molecular weight is 264 g/mol. The Morgan fingerprint density at radius 2 is 1.82 bits per heavy atom. The molecule has 0 aliphatic carbocycles. The number of carboxylic acids is 1. The quantitative estimate of drug-likeness (QED) is 0.682. The third kappa shape index (κ3) is 2.19. The number of sulfone groups is 1. The summed E-state index contributed by atoms with van der Waals surface area (Å²) < 4.78 is 28.1. The van der Waals surface area contributed by atoms with Crippen LogP contribution < -0.4 is 0 Å². The number of ether oxygens (including phenoxy) is 1. The van der Waals surface area contributed by atoms with E-state index in [1.807, 2.05) is 0 Å². The second kappa shape index (κ2) is 4.22. The van der Waals surface area contributed by atoms with Gasteiger partial charge in [-0.3, -0.25) is 4.79 Å². The van der Waals surface area contributed by atoms with Crippen molar-refractivity contribution in [3.05, 3.63) is 0 Å². The molecule has 0 spiro atoms. The lowest BCUT2D eigenvalue weighted by atomic mass is 9.68. The van der Waals surface area contributed by atoms with Crippen LogP contribution >= 0.6 is 0 Å². The van der Waals surface area contributed by atoms with Gasteiger partial charge in [-0.05, 0) is 12.8 Å². The highest BCUT2D eigenvalue weighted by Crippen LogP contribution is 2.44. The van der Waals surface area contributed by atoms with Crippen LogP contribution in [0.1, 0.15) is 12.8 Å². The molecule has 0 aromatic heterocycles. The molecule has 0 aromatic rings. The molecule has 0 aromatic carbocycles. The van der Waals surface area contributed by atoms with Crippen LogP contribution in [0.25, 0.3) is 0 Å². The Morgan fingerprint density at radius 3 is 2.24 bits per heavy atom. The highest BCUT2D eigenvalue weighted by molar-refractivity contribution is 7.91. The Hall–Kier alpha value is -0.660. The Morgan fingerprint density at radius 1 is 1.24 bits per heavy atom. The molecule has 2 aliphatic heterocycles. The Labute approximate surface area is 99.5 Å². The zero-order valence-corrected chi connectivity index (χ0v) is 10.1. The number of carbonyl (C=O) groups is 1. The molecule has 2 heterocycles. The van der Waals surface area contributed by atoms with E-state index < -0.39 is 33.2 Å². The fraction of sp³-hybridized carbons (Fsp3) is 0.900. The van der Waals surface area contributed by atoms with E-state index in [4.69, 9.17) is 4.74 Å². The second-order valence-corrected chi connectivity index (χ2v) is 6.98. The van der Waals surface area contributed by atoms with E-state index in [1.54, 1.807) is 0 Å². The molecule has 17 heavy (non-hydrogen) atoms. The van der Waals surface area contributed by atoms with Gasteiger partial charge in [-0.15, -0.1) is 0 Å². The van der Waals surface area contributed by atoms with Crippen LogP contribution in [0.2, 0.25) is 0 Å². The largest absolute Gasteiger partial charge is 0.481 e. The van der Waals surface area contributed by atoms with Crippen LogP contribution in [-0.4, -0.2) is 55.4 Å². The fourth-order valence-electron chi connectivity index (χ4n) is 2.84. The Kier molecular flexibility index (Phi) is 3.17. The highest BCUT2D eigenvalue weighted by atomic mass is 32.2. The van der Waals surface area contributed by atoms with Gasteiger partial charge in [0, 0.05) is 19.1 Å². The number of carboxylic acid groups (broad SMARTS) is 1. The van der Waals surface area contributed by atoms with Crippen LogP contribution in [0, 0.1) is 11.3 Å². The monoisotopic (exact) mass is 264 g/mol. The standard InChI is InChI=1S/C10H16O6S/c11-8-6-17(14,15)5-7(8)10(9(12)13)1-3-16-4-2-10/h7-8,11H,1-6H2,(H,12,13). The van der Waals surface area contributed by atoms with Crippen LogP contribution in [-0.2, 0) is 19.4 Å². The molecule has 0 radical (unpaired) electrons. The summed E-state index contributed by atoms with van der Waals surface area (Å²) in [5.41, 5.74) is -1.15. The number of aliphatic hydroxyl groups is 1. The van der Waals surface area contributed by atoms with Gasteiger partial charge in [0.25, 0.3) is 0 Å². The predicted molar refractivity (Wildman–Crippen MR) is 58.3 cm³/mol. The number of hydrogen-bond acceptors (Lipinski definition) is 5. The molecule has 2 atom stereocenters. The average Bonchev–Trinajstić information content (AvgIpc) is 2.53. The molecule has 98 valence electrons. The third-order valence-corrected chi connectivity index (χ3v) is 5.56. The first-order valence-electron chi connectivity index (χ1n) is 5.57. The molecule has 2 unspecified atom stereocenters. The van der Waals surface area contributed by atoms with Gasteiger partial charge in [0.2, 0.25) is 0 Å². The van der Waals surface area contributed by atoms with E-state index in [1.165, 1.54) is 0 Å². The maximum atomic E-state index is 11.5. The lowest BCUT2D eigenvalue weighted by Crippen LogP contribution is -2.47. The summed E-state index contributed by atoms with van der Waals surface area (Å²) in [5, 5.41) is 19.2. The zero-order chi connectivity index (χ0) is 12.7. The molecule has 2 rings (SSSR count). The predicted octanol–water partition coefficient (Wildman–Crippen LogP) is -0.727. The van der Waals surface area contributed by atoms with Crippen molar-refractivity contribution in [3.8, 4) is 0 Å². The first-order valence-corrected chi connectivity index (χ1v) is 7.39. The van der Waals surface area contributed by atoms with Crippen LogP contribution in [0.15, 0.2) is 0 Å². The summed E-state index contributed by atoms with van der Waals surface area (Å²) in [6, 6.07) is 0. The van der Waals surface area contributed by atoms with Gasteiger partial charge < -0.3 is 14.9 Å². The maximum absolute atomic E-state index is 11.5. The summed E-state index contributed by atoms with van der Waals surface area (Å²) >= 11 is 0. The van der Waals surface area contributed by atoms with E-state index >= 15 is 0 Å². The molecular formula is C10H16O6S. The van der Waals surface area contributed by atoms with E-state index in [2.05, 4.69) is 0 Å². The lowest BCUT2D eigenvalue weighted by molar-refractivity contribution is -0.162. The number of hydrogen-bond donors (Lipinski definition) is 2. The van der Waals surface area contributed by atoms with Crippen LogP contribution in [0.5, 0.6) is 0 Å². The van der Waals surface area contributed by atoms with Crippen molar-refractivity contribution in [1.29, 1.82) is 0 Å². The maximum Gasteiger partial charge on any atom is 0.310 e. The number of rotatable bonds is 2. The summed E-state index contributed by atoms with van der Waals surface area (Å²) in [5.74, 6) is -2.30. The van der Waals surface area contributed by atoms with Crippen molar-refractivity contribution in [2.45, 2.75) is 18.9 Å². The minimum Gasteiger partial charge on any atom is -0.481 e. The van der Waals surface area contributed by atoms with Crippen molar-refractivity contribution in [3.63, 3.8) is 0 Å². The van der Waals surface area contributed by atoms with E-state index in [9.17, 15) is 23.4 Å². The van der Waals surface area contributed by atoms with Gasteiger partial charge in [-0.25, -0.2) is 8.42 Å². The van der Waals surface area contributed by atoms with Crippen molar-refractivity contribution < 1.29 is 28.2 Å². The molecule has 7 heteroatoms. The molecule has 0 amide bonds. The first-order chi connectivity index (χ1) is 7.87. The van der Waals surface area contributed by atoms with Gasteiger partial charge in [0.1, 0.15) is 0 Å². The summed E-state index contributed by atoms with van der Waals surface area (Å²) in [4.78, 5) is 11.5. The molecule has 0 bridgehead atoms. The summed E-state index contributed by atoms with van der Waals surface area (Å²) in [6.45, 7) is 0.602. The lowest BCUT2D eigenvalue weighted by Gasteiger charge is -2.38. The Bertz CT molecular complexity index is 409. The topological polar surface area (TPSA) is 101 Å². The van der Waals surface area contributed by atoms with Gasteiger partial charge in [-0.1, -0.05) is 0 Å². The molecule has 6 nitrogen and oxygen atoms in total. The number of aliphatic hydroxyl groups excluding tert-OH is 1. The molecule has 2 aliphatic rings. The summed E-state index contributed by atoms with van der Waals surface area (Å²) in [6.07, 6.45) is -0.548. The molecule has 2 saturated heterocycles. The van der Waals surface area contributed by atoms with E-state index in [0.29, 0.717) is 13.2 Å². The molecule has 2 N–H and O–H groups in total. The van der Waals surface area contributed by atoms with Gasteiger partial charge in [-0.2, -0.15) is 0 Å². The minimum atomic E-state index is -3.32. The van der Waals surface area contributed by atoms with Gasteiger partial charge in [0.05, 0.1) is 23.0 Å². The zero-order valence-electron chi connectivity index (χ0n) is 9.33. The smallest absolute Gasteiger partial charge is 0.310 e. The van der Waals surface area contributed by atoms with Crippen molar-refractivity contribution >= 4 is 15.8 Å². The fourth-order valence-corrected chi connectivity index (χ4v) is 4.81. The van der Waals surface area contributed by atoms with Crippen molar-refractivity contribution in [1.82, 2.24) is 0 Å². The van der Waals surface area contributed by atoms with Crippen molar-refractivity contribution in [2.24, 2.45) is 11.3 Å². The molecule has 0 saturated carbocycles. The normalized spacial score (nSPS) is 35.6. The first kappa shape index (κ1) is 12.8. The molecular weight excluding hydrogens is 248 g/mol. The second-order valence-electron chi connectivity index (χ2n) is 4.82. The highest BCUT2D eigenvalue weighted by Gasteiger charge is 2.54. The van der Waals surface area contributed by atoms with Crippen LogP contribution in [0.4, 0.5) is 0 Å². The minimum absolute atomic E-state index is 0.236. The summed E-state index contributed by atoms with van der Waals surface area (Å²) in [7, 11) is -3.32. The van der Waals surface area contributed by atoms with E-state index in [0.717, 1.165) is 0 Å². The van der Waals surface area contributed by atoms with Crippen LogP contribution in [0.3, 0.4) is 0 Å².